The molecule has 0 aromatic rings. The molecule has 1 aliphatic rings. The number of hydrogen-bond acceptors (Lipinski definition) is 3. The average Bonchev–Trinajstić information content (AvgIpc) is 2.14. The molecular formula is C8H11NO3. The first-order valence-electron chi connectivity index (χ1n) is 3.75. The second-order valence-corrected chi connectivity index (χ2v) is 3.72. The quantitative estimate of drug-likeness (QED) is 0.441. The van der Waals surface area contributed by atoms with E-state index in [0.717, 1.165) is 0 Å². The van der Waals surface area contributed by atoms with E-state index in [-0.39, 0.29) is 17.9 Å². The van der Waals surface area contributed by atoms with Crippen molar-refractivity contribution in [1.82, 2.24) is 0 Å². The van der Waals surface area contributed by atoms with Crippen LogP contribution in [0.25, 0.3) is 0 Å². The summed E-state index contributed by atoms with van der Waals surface area (Å²) in [7, 11) is 0. The molecule has 0 saturated carbocycles. The molecule has 12 heavy (non-hydrogen) atoms. The van der Waals surface area contributed by atoms with Crippen molar-refractivity contribution in [2.75, 3.05) is 0 Å². The van der Waals surface area contributed by atoms with Crippen LogP contribution in [0.5, 0.6) is 0 Å². The van der Waals surface area contributed by atoms with Gasteiger partial charge in [0.05, 0.1) is 16.9 Å². The predicted molar refractivity (Wildman–Crippen MR) is 43.1 cm³/mol. The summed E-state index contributed by atoms with van der Waals surface area (Å²) in [6, 6.07) is 0. The van der Waals surface area contributed by atoms with Gasteiger partial charge in [-0.2, -0.15) is 0 Å². The van der Waals surface area contributed by atoms with Gasteiger partial charge in [-0.1, -0.05) is 13.8 Å². The molecule has 0 aromatic carbocycles. The summed E-state index contributed by atoms with van der Waals surface area (Å²) in [6.45, 7) is 4.99. The molecule has 1 aliphatic carbocycles. The lowest BCUT2D eigenvalue weighted by atomic mass is 9.88. The zero-order valence-electron chi connectivity index (χ0n) is 7.38. The summed E-state index contributed by atoms with van der Waals surface area (Å²) >= 11 is 0. The van der Waals surface area contributed by atoms with Crippen LogP contribution in [0.15, 0.2) is 11.3 Å². The third kappa shape index (κ3) is 1.13. The van der Waals surface area contributed by atoms with Crippen LogP contribution >= 0.6 is 0 Å². The van der Waals surface area contributed by atoms with Crippen molar-refractivity contribution in [2.45, 2.75) is 27.2 Å². The van der Waals surface area contributed by atoms with Crippen LogP contribution < -0.4 is 0 Å². The Kier molecular flexibility index (Phi) is 1.78. The Morgan fingerprint density at radius 1 is 1.50 bits per heavy atom. The Morgan fingerprint density at radius 2 is 2.00 bits per heavy atom. The Morgan fingerprint density at radius 3 is 2.17 bits per heavy atom. The summed E-state index contributed by atoms with van der Waals surface area (Å²) in [6.07, 6.45) is 0.255. The molecule has 0 heterocycles. The standard InChI is InChI=1S/C8H11NO3/c1-5-6(9(11)12)4-8(2,3)7(5)10/h4H2,1-3H3. The van der Waals surface area contributed by atoms with Crippen molar-refractivity contribution in [3.63, 3.8) is 0 Å². The molecule has 0 aromatic heterocycles. The van der Waals surface area contributed by atoms with Crippen molar-refractivity contribution in [1.29, 1.82) is 0 Å². The molecule has 0 aliphatic heterocycles. The maximum atomic E-state index is 11.4. The van der Waals surface area contributed by atoms with Gasteiger partial charge in [0.25, 0.3) is 5.70 Å². The van der Waals surface area contributed by atoms with Crippen LogP contribution in [0.2, 0.25) is 0 Å². The highest BCUT2D eigenvalue weighted by atomic mass is 16.6. The van der Waals surface area contributed by atoms with Crippen LogP contribution in [-0.2, 0) is 4.79 Å². The normalized spacial score (nSPS) is 21.8. The minimum atomic E-state index is -0.577. The fourth-order valence-electron chi connectivity index (χ4n) is 1.47. The molecule has 1 rings (SSSR count). The van der Waals surface area contributed by atoms with Crippen LogP contribution in [0, 0.1) is 15.5 Å². The summed E-state index contributed by atoms with van der Waals surface area (Å²) in [5.74, 6) is -0.103. The van der Waals surface area contributed by atoms with Gasteiger partial charge >= 0.3 is 0 Å². The number of nitro groups is 1. The fourth-order valence-corrected chi connectivity index (χ4v) is 1.47. The summed E-state index contributed by atoms with van der Waals surface area (Å²) in [4.78, 5) is 21.4. The molecule has 0 N–H and O–H groups in total. The first-order chi connectivity index (χ1) is 5.36. The molecule has 0 saturated heterocycles. The van der Waals surface area contributed by atoms with E-state index in [1.165, 1.54) is 6.92 Å². The maximum Gasteiger partial charge on any atom is 0.253 e. The number of carbonyl (C=O) groups excluding carboxylic acids is 1. The SMILES string of the molecule is CC1=C([N+](=O)[O-])CC(C)(C)C1=O. The highest BCUT2D eigenvalue weighted by Gasteiger charge is 2.43. The molecule has 66 valence electrons. The van der Waals surface area contributed by atoms with Gasteiger partial charge in [0, 0.05) is 5.41 Å². The fraction of sp³-hybridized carbons (Fsp3) is 0.625. The number of Topliss-reactive ketones (excluding diaryl/α,β-unsaturated/α-hetero) is 1. The molecule has 0 atom stereocenters. The van der Waals surface area contributed by atoms with Gasteiger partial charge in [-0.05, 0) is 6.92 Å². The number of ketones is 1. The number of carbonyl (C=O) groups is 1. The third-order valence-electron chi connectivity index (χ3n) is 2.22. The van der Waals surface area contributed by atoms with Crippen LogP contribution in [0.3, 0.4) is 0 Å². The molecule has 0 radical (unpaired) electrons. The molecule has 0 spiro atoms. The van der Waals surface area contributed by atoms with Gasteiger partial charge < -0.3 is 0 Å². The van der Waals surface area contributed by atoms with Crippen molar-refractivity contribution in [3.8, 4) is 0 Å². The number of hydrogen-bond donors (Lipinski definition) is 0. The summed E-state index contributed by atoms with van der Waals surface area (Å²) in [5, 5.41) is 10.4. The zero-order valence-corrected chi connectivity index (χ0v) is 7.38. The minimum Gasteiger partial charge on any atom is -0.294 e. The predicted octanol–water partition coefficient (Wildman–Crippen LogP) is 1.54. The van der Waals surface area contributed by atoms with Crippen molar-refractivity contribution >= 4 is 5.78 Å². The molecule has 4 nitrogen and oxygen atoms in total. The topological polar surface area (TPSA) is 60.2 Å². The second-order valence-electron chi connectivity index (χ2n) is 3.72. The van der Waals surface area contributed by atoms with Gasteiger partial charge in [0.2, 0.25) is 0 Å². The number of nitrogens with zero attached hydrogens (tertiary/aromatic N) is 1. The van der Waals surface area contributed by atoms with Gasteiger partial charge in [-0.3, -0.25) is 14.9 Å². The van der Waals surface area contributed by atoms with E-state index in [9.17, 15) is 14.9 Å². The van der Waals surface area contributed by atoms with E-state index >= 15 is 0 Å². The lowest BCUT2D eigenvalue weighted by molar-refractivity contribution is -0.429. The average molecular weight is 169 g/mol. The Bertz CT molecular complexity index is 289. The first-order valence-corrected chi connectivity index (χ1v) is 3.75. The van der Waals surface area contributed by atoms with E-state index in [1.54, 1.807) is 13.8 Å². The molecule has 0 bridgehead atoms. The van der Waals surface area contributed by atoms with Crippen LogP contribution in [-0.4, -0.2) is 10.7 Å². The molecule has 0 fully saturated rings. The summed E-state index contributed by atoms with van der Waals surface area (Å²) in [5.41, 5.74) is -0.193. The molecule has 0 unspecified atom stereocenters. The van der Waals surface area contributed by atoms with Gasteiger partial charge in [0.15, 0.2) is 5.78 Å². The van der Waals surface area contributed by atoms with E-state index in [1.807, 2.05) is 0 Å². The number of allylic oxidation sites excluding steroid dienone is 2. The maximum absolute atomic E-state index is 11.4. The Labute approximate surface area is 70.4 Å². The van der Waals surface area contributed by atoms with Crippen LogP contribution in [0.1, 0.15) is 27.2 Å². The Hall–Kier alpha value is -1.19. The molecule has 4 heteroatoms. The van der Waals surface area contributed by atoms with Gasteiger partial charge in [0.1, 0.15) is 0 Å². The monoisotopic (exact) mass is 169 g/mol. The number of rotatable bonds is 1. The molecule has 0 amide bonds. The van der Waals surface area contributed by atoms with E-state index < -0.39 is 10.3 Å². The van der Waals surface area contributed by atoms with E-state index in [2.05, 4.69) is 0 Å². The lowest BCUT2D eigenvalue weighted by Gasteiger charge is -2.12. The van der Waals surface area contributed by atoms with Gasteiger partial charge in [-0.25, -0.2) is 0 Å². The van der Waals surface area contributed by atoms with E-state index in [0.29, 0.717) is 5.57 Å². The van der Waals surface area contributed by atoms with Crippen molar-refractivity contribution < 1.29 is 9.72 Å². The largest absolute Gasteiger partial charge is 0.294 e. The minimum absolute atomic E-state index is 0.0741. The smallest absolute Gasteiger partial charge is 0.253 e. The summed E-state index contributed by atoms with van der Waals surface area (Å²) < 4.78 is 0. The van der Waals surface area contributed by atoms with Crippen molar-refractivity contribution in [2.24, 2.45) is 5.41 Å². The second kappa shape index (κ2) is 2.40. The molecular weight excluding hydrogens is 158 g/mol. The first kappa shape index (κ1) is 8.90. The van der Waals surface area contributed by atoms with Crippen molar-refractivity contribution in [3.05, 3.63) is 21.4 Å². The third-order valence-corrected chi connectivity index (χ3v) is 2.22. The van der Waals surface area contributed by atoms with Crippen LogP contribution in [0.4, 0.5) is 0 Å². The van der Waals surface area contributed by atoms with Gasteiger partial charge in [-0.15, -0.1) is 0 Å². The van der Waals surface area contributed by atoms with E-state index in [4.69, 9.17) is 0 Å². The highest BCUT2D eigenvalue weighted by Crippen LogP contribution is 2.37. The zero-order chi connectivity index (χ0) is 9.52. The Balaban J connectivity index is 3.08. The highest BCUT2D eigenvalue weighted by molar-refractivity contribution is 6.01. The lowest BCUT2D eigenvalue weighted by Crippen LogP contribution is -2.18.